The van der Waals surface area contributed by atoms with Gasteiger partial charge in [0.15, 0.2) is 11.5 Å². The van der Waals surface area contributed by atoms with Crippen molar-refractivity contribution < 1.29 is 19.0 Å². The zero-order chi connectivity index (χ0) is 15.9. The summed E-state index contributed by atoms with van der Waals surface area (Å²) in [5.41, 5.74) is 5.48. The van der Waals surface area contributed by atoms with Crippen molar-refractivity contribution >= 4 is 5.97 Å². The van der Waals surface area contributed by atoms with Crippen LogP contribution in [-0.2, 0) is 15.1 Å². The Morgan fingerprint density at radius 2 is 1.71 bits per heavy atom. The molecule has 0 heterocycles. The molecule has 5 heteroatoms. The fourth-order valence-corrected chi connectivity index (χ4v) is 1.82. The molecule has 0 aliphatic heterocycles. The van der Waals surface area contributed by atoms with Gasteiger partial charge in [0.25, 0.3) is 0 Å². The molecule has 1 aromatic carbocycles. The molecule has 1 aromatic rings. The van der Waals surface area contributed by atoms with E-state index in [4.69, 9.17) is 19.9 Å². The van der Waals surface area contributed by atoms with Crippen LogP contribution in [0.4, 0.5) is 0 Å². The van der Waals surface area contributed by atoms with Crippen LogP contribution in [0.25, 0.3) is 0 Å². The van der Waals surface area contributed by atoms with E-state index in [2.05, 4.69) is 0 Å². The minimum absolute atomic E-state index is 0.494. The smallest absolute Gasteiger partial charge is 0.330 e. The fraction of sp³-hybridized carbons (Fsp3) is 0.562. The van der Waals surface area contributed by atoms with E-state index in [0.717, 1.165) is 12.8 Å². The normalized spacial score (nSPS) is 13.4. The number of carbonyl (C=O) groups is 1. The van der Waals surface area contributed by atoms with Gasteiger partial charge in [-0.2, -0.15) is 0 Å². The van der Waals surface area contributed by atoms with Gasteiger partial charge in [0.05, 0.1) is 20.3 Å². The van der Waals surface area contributed by atoms with Crippen LogP contribution in [0, 0.1) is 0 Å². The highest BCUT2D eigenvalue weighted by atomic mass is 16.5. The number of methoxy groups -OCH3 is 1. The molecule has 0 aliphatic carbocycles. The van der Waals surface area contributed by atoms with Gasteiger partial charge in [-0.3, -0.25) is 0 Å². The lowest BCUT2D eigenvalue weighted by atomic mass is 9.93. The van der Waals surface area contributed by atoms with Crippen LogP contribution in [0.15, 0.2) is 18.2 Å². The largest absolute Gasteiger partial charge is 0.490 e. The topological polar surface area (TPSA) is 70.8 Å². The van der Waals surface area contributed by atoms with Gasteiger partial charge in [-0.05, 0) is 37.5 Å². The van der Waals surface area contributed by atoms with Gasteiger partial charge < -0.3 is 19.9 Å². The fourth-order valence-electron chi connectivity index (χ4n) is 1.82. The third-order valence-electron chi connectivity index (χ3n) is 3.08. The molecule has 2 N–H and O–H groups in total. The summed E-state index contributed by atoms with van der Waals surface area (Å²) >= 11 is 0. The van der Waals surface area contributed by atoms with Crippen molar-refractivity contribution in [3.63, 3.8) is 0 Å². The second kappa shape index (κ2) is 7.88. The molecule has 0 spiro atoms. The van der Waals surface area contributed by atoms with Crippen molar-refractivity contribution in [1.29, 1.82) is 0 Å². The molecular weight excluding hydrogens is 270 g/mol. The maximum Gasteiger partial charge on any atom is 0.330 e. The van der Waals surface area contributed by atoms with Crippen LogP contribution in [-0.4, -0.2) is 26.3 Å². The Hall–Kier alpha value is -1.75. The summed E-state index contributed by atoms with van der Waals surface area (Å²) in [4.78, 5) is 11.8. The first kappa shape index (κ1) is 17.3. The molecule has 118 valence electrons. The lowest BCUT2D eigenvalue weighted by molar-refractivity contribution is -0.146. The van der Waals surface area contributed by atoms with Gasteiger partial charge in [-0.15, -0.1) is 0 Å². The number of carbonyl (C=O) groups excluding carboxylic acids is 1. The molecule has 0 saturated heterocycles. The molecule has 1 atom stereocenters. The molecule has 0 fully saturated rings. The third-order valence-corrected chi connectivity index (χ3v) is 3.08. The molecular formula is C16H25NO4. The highest BCUT2D eigenvalue weighted by molar-refractivity contribution is 5.82. The predicted octanol–water partition coefficient (Wildman–Crippen LogP) is 2.61. The summed E-state index contributed by atoms with van der Waals surface area (Å²) in [5, 5.41) is 0. The summed E-state index contributed by atoms with van der Waals surface area (Å²) in [5.74, 6) is 0.768. The van der Waals surface area contributed by atoms with Crippen molar-refractivity contribution in [1.82, 2.24) is 0 Å². The van der Waals surface area contributed by atoms with Crippen LogP contribution in [0.1, 0.15) is 39.2 Å². The maximum atomic E-state index is 11.8. The van der Waals surface area contributed by atoms with E-state index in [-0.39, 0.29) is 0 Å². The predicted molar refractivity (Wildman–Crippen MR) is 81.6 cm³/mol. The third kappa shape index (κ3) is 4.36. The minimum Gasteiger partial charge on any atom is -0.490 e. The SMILES string of the molecule is CCCOc1ccc(C(C)(N)C(=O)OC)cc1OCCC. The Morgan fingerprint density at radius 1 is 1.14 bits per heavy atom. The Bertz CT molecular complexity index is 471. The summed E-state index contributed by atoms with van der Waals surface area (Å²) in [6.07, 6.45) is 1.79. The van der Waals surface area contributed by atoms with Crippen LogP contribution >= 0.6 is 0 Å². The first-order valence-electron chi connectivity index (χ1n) is 7.24. The summed E-state index contributed by atoms with van der Waals surface area (Å²) < 4.78 is 16.1. The van der Waals surface area contributed by atoms with Gasteiger partial charge in [-0.25, -0.2) is 4.79 Å². The lowest BCUT2D eigenvalue weighted by Gasteiger charge is -2.23. The van der Waals surface area contributed by atoms with Crippen molar-refractivity contribution in [3.8, 4) is 11.5 Å². The van der Waals surface area contributed by atoms with Crippen molar-refractivity contribution in [2.75, 3.05) is 20.3 Å². The molecule has 0 radical (unpaired) electrons. The molecule has 0 aromatic heterocycles. The average Bonchev–Trinajstić information content (AvgIpc) is 2.50. The lowest BCUT2D eigenvalue weighted by Crippen LogP contribution is -2.42. The highest BCUT2D eigenvalue weighted by Crippen LogP contribution is 2.32. The van der Waals surface area contributed by atoms with Crippen molar-refractivity contribution in [2.24, 2.45) is 5.73 Å². The van der Waals surface area contributed by atoms with E-state index in [1.54, 1.807) is 25.1 Å². The van der Waals surface area contributed by atoms with Gasteiger partial charge >= 0.3 is 5.97 Å². The molecule has 21 heavy (non-hydrogen) atoms. The van der Waals surface area contributed by atoms with E-state index < -0.39 is 11.5 Å². The zero-order valence-electron chi connectivity index (χ0n) is 13.3. The molecule has 1 rings (SSSR count). The quantitative estimate of drug-likeness (QED) is 0.746. The van der Waals surface area contributed by atoms with E-state index in [1.807, 2.05) is 13.8 Å². The Labute approximate surface area is 126 Å². The molecule has 0 amide bonds. The molecule has 5 nitrogen and oxygen atoms in total. The zero-order valence-corrected chi connectivity index (χ0v) is 13.3. The van der Waals surface area contributed by atoms with E-state index in [1.165, 1.54) is 7.11 Å². The minimum atomic E-state index is -1.22. The van der Waals surface area contributed by atoms with Gasteiger partial charge in [-0.1, -0.05) is 19.9 Å². The first-order chi connectivity index (χ1) is 9.97. The number of esters is 1. The van der Waals surface area contributed by atoms with Gasteiger partial charge in [0.2, 0.25) is 0 Å². The maximum absolute atomic E-state index is 11.8. The summed E-state index contributed by atoms with van der Waals surface area (Å²) in [6.45, 7) is 6.86. The van der Waals surface area contributed by atoms with Crippen LogP contribution in [0.2, 0.25) is 0 Å². The van der Waals surface area contributed by atoms with Crippen molar-refractivity contribution in [2.45, 2.75) is 39.2 Å². The van der Waals surface area contributed by atoms with Gasteiger partial charge in [0, 0.05) is 0 Å². The summed E-state index contributed by atoms with van der Waals surface area (Å²) in [6, 6.07) is 5.29. The monoisotopic (exact) mass is 295 g/mol. The first-order valence-corrected chi connectivity index (χ1v) is 7.24. The van der Waals surface area contributed by atoms with E-state index >= 15 is 0 Å². The van der Waals surface area contributed by atoms with Crippen LogP contribution in [0.3, 0.4) is 0 Å². The summed E-state index contributed by atoms with van der Waals surface area (Å²) in [7, 11) is 1.32. The molecule has 1 unspecified atom stereocenters. The van der Waals surface area contributed by atoms with Crippen LogP contribution in [0.5, 0.6) is 11.5 Å². The second-order valence-corrected chi connectivity index (χ2v) is 5.05. The molecule has 0 saturated carbocycles. The Morgan fingerprint density at radius 3 is 2.24 bits per heavy atom. The van der Waals surface area contributed by atoms with Crippen molar-refractivity contribution in [3.05, 3.63) is 23.8 Å². The highest BCUT2D eigenvalue weighted by Gasteiger charge is 2.32. The Balaban J connectivity index is 3.10. The standard InChI is InChI=1S/C16H25NO4/c1-5-9-20-13-8-7-12(11-14(13)21-10-6-2)16(3,17)15(18)19-4/h7-8,11H,5-6,9-10,17H2,1-4H3. The van der Waals surface area contributed by atoms with Gasteiger partial charge in [0.1, 0.15) is 5.54 Å². The van der Waals surface area contributed by atoms with E-state index in [0.29, 0.717) is 30.3 Å². The number of benzene rings is 1. The number of rotatable bonds is 8. The number of ether oxygens (including phenoxy) is 3. The number of nitrogens with two attached hydrogens (primary N) is 1. The Kier molecular flexibility index (Phi) is 6.49. The molecule has 0 aliphatic rings. The number of hydrogen-bond donors (Lipinski definition) is 1. The second-order valence-electron chi connectivity index (χ2n) is 5.05. The van der Waals surface area contributed by atoms with Crippen LogP contribution < -0.4 is 15.2 Å². The number of hydrogen-bond acceptors (Lipinski definition) is 5. The molecule has 0 bridgehead atoms. The van der Waals surface area contributed by atoms with E-state index in [9.17, 15) is 4.79 Å². The average molecular weight is 295 g/mol.